The molecule has 0 spiro atoms. The van der Waals surface area contributed by atoms with Gasteiger partial charge in [0.2, 0.25) is 0 Å². The van der Waals surface area contributed by atoms with Gasteiger partial charge in [-0.25, -0.2) is 0 Å². The van der Waals surface area contributed by atoms with Crippen LogP contribution in [0.2, 0.25) is 5.02 Å². The molecule has 0 bridgehead atoms. The Morgan fingerprint density at radius 3 is 2.63 bits per heavy atom. The number of aryl methyl sites for hydroxylation is 1. The maximum Gasteiger partial charge on any atom is 0.180 e. The molecule has 1 heterocycles. The Hall–Kier alpha value is -2.56. The van der Waals surface area contributed by atoms with Crippen molar-refractivity contribution in [3.05, 3.63) is 88.2 Å². The van der Waals surface area contributed by atoms with Gasteiger partial charge >= 0.3 is 0 Å². The summed E-state index contributed by atoms with van der Waals surface area (Å²) in [5.74, 6) is 1.19. The third-order valence-corrected chi connectivity index (χ3v) is 4.40. The number of aromatic nitrogens is 1. The van der Waals surface area contributed by atoms with Gasteiger partial charge in [0.15, 0.2) is 11.5 Å². The Morgan fingerprint density at radius 2 is 1.89 bits per heavy atom. The zero-order valence-electron chi connectivity index (χ0n) is 15.5. The van der Waals surface area contributed by atoms with Gasteiger partial charge in [-0.15, -0.1) is 0 Å². The van der Waals surface area contributed by atoms with Crippen LogP contribution in [-0.4, -0.2) is 12.1 Å². The van der Waals surface area contributed by atoms with E-state index < -0.39 is 0 Å². The standard InChI is InChI=1S/C22H23ClN2O2/c1-16-6-5-7-17(10-16)15-27-22-20(23)11-18(12-21(22)26-2)13-24-14-19-8-3-4-9-25-19/h3-12,24H,13-15H2,1-2H3. The van der Waals surface area contributed by atoms with Crippen LogP contribution < -0.4 is 14.8 Å². The molecule has 0 atom stereocenters. The van der Waals surface area contributed by atoms with Gasteiger partial charge in [0.25, 0.3) is 0 Å². The quantitative estimate of drug-likeness (QED) is 0.600. The second kappa shape index (κ2) is 9.40. The molecule has 1 aromatic heterocycles. The Kier molecular flexibility index (Phi) is 6.69. The molecule has 0 fully saturated rings. The molecule has 0 amide bonds. The highest BCUT2D eigenvalue weighted by Crippen LogP contribution is 2.37. The number of nitrogens with zero attached hydrogens (tertiary/aromatic N) is 1. The van der Waals surface area contributed by atoms with E-state index in [4.69, 9.17) is 21.1 Å². The average Bonchev–Trinajstić information content (AvgIpc) is 2.67. The van der Waals surface area contributed by atoms with Crippen LogP contribution in [0.3, 0.4) is 0 Å². The molecular formula is C22H23ClN2O2. The van der Waals surface area contributed by atoms with Crippen LogP contribution in [-0.2, 0) is 19.7 Å². The molecule has 0 aliphatic rings. The third-order valence-electron chi connectivity index (χ3n) is 4.12. The van der Waals surface area contributed by atoms with Crippen molar-refractivity contribution in [2.75, 3.05) is 7.11 Å². The van der Waals surface area contributed by atoms with Gasteiger partial charge in [0, 0.05) is 19.3 Å². The van der Waals surface area contributed by atoms with E-state index in [9.17, 15) is 0 Å². The van der Waals surface area contributed by atoms with E-state index in [1.54, 1.807) is 13.3 Å². The van der Waals surface area contributed by atoms with Crippen LogP contribution >= 0.6 is 11.6 Å². The minimum Gasteiger partial charge on any atom is -0.493 e. The number of ether oxygens (including phenoxy) is 2. The van der Waals surface area contributed by atoms with E-state index in [2.05, 4.69) is 29.4 Å². The van der Waals surface area contributed by atoms with Crippen molar-refractivity contribution in [2.24, 2.45) is 0 Å². The summed E-state index contributed by atoms with van der Waals surface area (Å²) < 4.78 is 11.4. The molecule has 2 aromatic carbocycles. The van der Waals surface area contributed by atoms with Crippen molar-refractivity contribution in [2.45, 2.75) is 26.6 Å². The fraction of sp³-hybridized carbons (Fsp3) is 0.227. The number of hydrogen-bond acceptors (Lipinski definition) is 4. The van der Waals surface area contributed by atoms with Gasteiger partial charge in [0.05, 0.1) is 17.8 Å². The van der Waals surface area contributed by atoms with Crippen LogP contribution in [0, 0.1) is 6.92 Å². The lowest BCUT2D eigenvalue weighted by Gasteiger charge is -2.15. The summed E-state index contributed by atoms with van der Waals surface area (Å²) in [5.41, 5.74) is 4.31. The smallest absolute Gasteiger partial charge is 0.180 e. The first-order valence-corrected chi connectivity index (χ1v) is 9.19. The minimum atomic E-state index is 0.440. The van der Waals surface area contributed by atoms with Crippen LogP contribution in [0.15, 0.2) is 60.8 Å². The topological polar surface area (TPSA) is 43.4 Å². The van der Waals surface area contributed by atoms with E-state index in [-0.39, 0.29) is 0 Å². The first-order chi connectivity index (χ1) is 13.2. The number of nitrogens with one attached hydrogen (secondary N) is 1. The zero-order chi connectivity index (χ0) is 19.1. The minimum absolute atomic E-state index is 0.440. The molecule has 4 nitrogen and oxygen atoms in total. The van der Waals surface area contributed by atoms with E-state index >= 15 is 0 Å². The Labute approximate surface area is 165 Å². The SMILES string of the molecule is COc1cc(CNCc2ccccn2)cc(Cl)c1OCc1cccc(C)c1. The molecule has 0 radical (unpaired) electrons. The highest BCUT2D eigenvalue weighted by atomic mass is 35.5. The summed E-state index contributed by atoms with van der Waals surface area (Å²) in [7, 11) is 1.62. The average molecular weight is 383 g/mol. The number of methoxy groups -OCH3 is 1. The first-order valence-electron chi connectivity index (χ1n) is 8.81. The van der Waals surface area contributed by atoms with Crippen molar-refractivity contribution < 1.29 is 9.47 Å². The van der Waals surface area contributed by atoms with Gasteiger partial charge in [-0.05, 0) is 42.3 Å². The molecule has 3 rings (SSSR count). The van der Waals surface area contributed by atoms with Crippen LogP contribution in [0.25, 0.3) is 0 Å². The van der Waals surface area contributed by atoms with E-state index in [1.165, 1.54) is 5.56 Å². The van der Waals surface area contributed by atoms with Gasteiger partial charge in [-0.3, -0.25) is 4.98 Å². The lowest BCUT2D eigenvalue weighted by atomic mass is 10.1. The number of rotatable bonds is 8. The van der Waals surface area contributed by atoms with Crippen molar-refractivity contribution >= 4 is 11.6 Å². The van der Waals surface area contributed by atoms with Gasteiger partial charge < -0.3 is 14.8 Å². The molecule has 1 N–H and O–H groups in total. The maximum atomic E-state index is 6.46. The largest absolute Gasteiger partial charge is 0.493 e. The normalized spacial score (nSPS) is 10.6. The van der Waals surface area contributed by atoms with Gasteiger partial charge in [0.1, 0.15) is 6.61 Å². The van der Waals surface area contributed by atoms with Crippen LogP contribution in [0.5, 0.6) is 11.5 Å². The molecule has 5 heteroatoms. The second-order valence-electron chi connectivity index (χ2n) is 6.31. The van der Waals surface area contributed by atoms with Crippen molar-refractivity contribution in [1.82, 2.24) is 10.3 Å². The summed E-state index contributed by atoms with van der Waals surface area (Å²) in [5, 5.41) is 3.90. The van der Waals surface area contributed by atoms with E-state index in [0.29, 0.717) is 36.2 Å². The molecule has 27 heavy (non-hydrogen) atoms. The van der Waals surface area contributed by atoms with Crippen molar-refractivity contribution in [3.63, 3.8) is 0 Å². The number of halogens is 1. The summed E-state index contributed by atoms with van der Waals surface area (Å²) in [4.78, 5) is 4.30. The lowest BCUT2D eigenvalue weighted by Crippen LogP contribution is -2.13. The molecule has 0 saturated carbocycles. The fourth-order valence-electron chi connectivity index (χ4n) is 2.81. The number of benzene rings is 2. The van der Waals surface area contributed by atoms with E-state index in [0.717, 1.165) is 16.8 Å². The molecule has 3 aromatic rings. The number of hydrogen-bond donors (Lipinski definition) is 1. The highest BCUT2D eigenvalue weighted by molar-refractivity contribution is 6.32. The predicted octanol–water partition coefficient (Wildman–Crippen LogP) is 4.92. The predicted molar refractivity (Wildman–Crippen MR) is 108 cm³/mol. The monoisotopic (exact) mass is 382 g/mol. The lowest BCUT2D eigenvalue weighted by molar-refractivity contribution is 0.284. The van der Waals surface area contributed by atoms with Crippen molar-refractivity contribution in [3.8, 4) is 11.5 Å². The zero-order valence-corrected chi connectivity index (χ0v) is 16.3. The molecule has 0 saturated heterocycles. The summed E-state index contributed by atoms with van der Waals surface area (Å²) in [6.07, 6.45) is 1.79. The van der Waals surface area contributed by atoms with Gasteiger partial charge in [-0.2, -0.15) is 0 Å². The third kappa shape index (κ3) is 5.46. The molecule has 140 valence electrons. The Morgan fingerprint density at radius 1 is 1.00 bits per heavy atom. The second-order valence-corrected chi connectivity index (χ2v) is 6.72. The van der Waals surface area contributed by atoms with Gasteiger partial charge in [-0.1, -0.05) is 47.5 Å². The summed E-state index contributed by atoms with van der Waals surface area (Å²) >= 11 is 6.46. The van der Waals surface area contributed by atoms with Crippen molar-refractivity contribution in [1.29, 1.82) is 0 Å². The first kappa shape index (κ1) is 19.2. The van der Waals surface area contributed by atoms with E-state index in [1.807, 2.05) is 42.5 Å². The summed E-state index contributed by atoms with van der Waals surface area (Å²) in [6.45, 7) is 3.84. The molecular weight excluding hydrogens is 360 g/mol. The fourth-order valence-corrected chi connectivity index (χ4v) is 3.10. The molecule has 0 unspecified atom stereocenters. The highest BCUT2D eigenvalue weighted by Gasteiger charge is 2.12. The van der Waals surface area contributed by atoms with Crippen LogP contribution in [0.4, 0.5) is 0 Å². The van der Waals surface area contributed by atoms with Crippen LogP contribution in [0.1, 0.15) is 22.4 Å². The Balaban J connectivity index is 1.65. The number of pyridine rings is 1. The molecule has 0 aliphatic heterocycles. The Bertz CT molecular complexity index is 885. The molecule has 0 aliphatic carbocycles. The summed E-state index contributed by atoms with van der Waals surface area (Å²) in [6, 6.07) is 17.9. The maximum absolute atomic E-state index is 6.46.